The molecule has 1 rings (SSSR count). The van der Waals surface area contributed by atoms with E-state index in [0.717, 1.165) is 5.69 Å². The Bertz CT molecular complexity index is 185. The van der Waals surface area contributed by atoms with Gasteiger partial charge in [0.25, 0.3) is 0 Å². The quantitative estimate of drug-likeness (QED) is 0.758. The lowest BCUT2D eigenvalue weighted by Crippen LogP contribution is -1.86. The molecule has 1 aromatic rings. The molecule has 0 saturated carbocycles. The monoisotopic (exact) mass is 253 g/mol. The van der Waals surface area contributed by atoms with Crippen molar-refractivity contribution >= 4 is 29.7 Å². The molecule has 0 aliphatic rings. The van der Waals surface area contributed by atoms with Crippen molar-refractivity contribution in [1.29, 1.82) is 0 Å². The summed E-state index contributed by atoms with van der Waals surface area (Å²) in [4.78, 5) is 0. The largest absolute Gasteiger partial charge is 0.388 e. The zero-order valence-corrected chi connectivity index (χ0v) is 7.93. The van der Waals surface area contributed by atoms with E-state index in [2.05, 4.69) is 5.32 Å². The van der Waals surface area contributed by atoms with Crippen LogP contribution in [-0.2, 0) is 0 Å². The van der Waals surface area contributed by atoms with Gasteiger partial charge in [-0.15, -0.1) is 24.0 Å². The van der Waals surface area contributed by atoms with Gasteiger partial charge < -0.3 is 5.32 Å². The van der Waals surface area contributed by atoms with Crippen LogP contribution >= 0.6 is 24.0 Å². The predicted molar refractivity (Wildman–Crippen MR) is 51.4 cm³/mol. The van der Waals surface area contributed by atoms with Gasteiger partial charge in [0.2, 0.25) is 0 Å². The molecule has 0 amide bonds. The van der Waals surface area contributed by atoms with Gasteiger partial charge in [-0.25, -0.2) is 4.39 Å². The van der Waals surface area contributed by atoms with Gasteiger partial charge >= 0.3 is 0 Å². The highest BCUT2D eigenvalue weighted by molar-refractivity contribution is 14.0. The molecule has 56 valence electrons. The first-order valence-corrected chi connectivity index (χ1v) is 2.76. The molecule has 3 heteroatoms. The maximum atomic E-state index is 12.2. The molecule has 0 saturated heterocycles. The third-order valence-corrected chi connectivity index (χ3v) is 1.13. The van der Waals surface area contributed by atoms with E-state index < -0.39 is 0 Å². The maximum Gasteiger partial charge on any atom is 0.123 e. The molecule has 1 aromatic carbocycles. The highest BCUT2D eigenvalue weighted by Crippen LogP contribution is 2.05. The molecular formula is C7H9FIN. The molecule has 0 aliphatic heterocycles. The van der Waals surface area contributed by atoms with Crippen molar-refractivity contribution in [2.45, 2.75) is 0 Å². The molecule has 0 aliphatic carbocycles. The number of nitrogens with one attached hydrogen (secondary N) is 1. The molecule has 1 nitrogen and oxygen atoms in total. The van der Waals surface area contributed by atoms with E-state index in [1.165, 1.54) is 12.1 Å². The van der Waals surface area contributed by atoms with Crippen LogP contribution in [0.2, 0.25) is 0 Å². The SMILES string of the molecule is CNc1ccc(F)cc1.I. The van der Waals surface area contributed by atoms with Crippen molar-refractivity contribution in [2.75, 3.05) is 12.4 Å². The Balaban J connectivity index is 0.000000810. The normalized spacial score (nSPS) is 8.20. The summed E-state index contributed by atoms with van der Waals surface area (Å²) in [6.45, 7) is 0. The third kappa shape index (κ3) is 2.51. The molecule has 0 spiro atoms. The minimum absolute atomic E-state index is 0. The topological polar surface area (TPSA) is 12.0 Å². The van der Waals surface area contributed by atoms with Gasteiger partial charge in [-0.2, -0.15) is 0 Å². The fourth-order valence-electron chi connectivity index (χ4n) is 0.617. The highest BCUT2D eigenvalue weighted by Gasteiger charge is 1.86. The minimum Gasteiger partial charge on any atom is -0.388 e. The molecule has 0 fully saturated rings. The predicted octanol–water partition coefficient (Wildman–Crippen LogP) is 2.49. The fraction of sp³-hybridized carbons (Fsp3) is 0.143. The molecule has 0 radical (unpaired) electrons. The number of anilines is 1. The van der Waals surface area contributed by atoms with Crippen molar-refractivity contribution in [3.63, 3.8) is 0 Å². The van der Waals surface area contributed by atoms with Crippen LogP contribution in [0.5, 0.6) is 0 Å². The average molecular weight is 253 g/mol. The van der Waals surface area contributed by atoms with Gasteiger partial charge in [0.1, 0.15) is 5.82 Å². The van der Waals surface area contributed by atoms with Crippen molar-refractivity contribution in [3.8, 4) is 0 Å². The molecule has 0 atom stereocenters. The second-order valence-corrected chi connectivity index (χ2v) is 1.76. The van der Waals surface area contributed by atoms with Crippen LogP contribution < -0.4 is 5.32 Å². The van der Waals surface area contributed by atoms with Crippen LogP contribution in [-0.4, -0.2) is 7.05 Å². The van der Waals surface area contributed by atoms with Crippen LogP contribution in [0.4, 0.5) is 10.1 Å². The lowest BCUT2D eigenvalue weighted by molar-refractivity contribution is 0.628. The first-order chi connectivity index (χ1) is 4.33. The zero-order valence-electron chi connectivity index (χ0n) is 5.60. The van der Waals surface area contributed by atoms with Gasteiger partial charge in [-0.05, 0) is 24.3 Å². The van der Waals surface area contributed by atoms with E-state index in [1.807, 2.05) is 0 Å². The number of halogens is 2. The van der Waals surface area contributed by atoms with Crippen LogP contribution in [0, 0.1) is 5.82 Å². The number of hydrogen-bond acceptors (Lipinski definition) is 1. The van der Waals surface area contributed by atoms with E-state index in [9.17, 15) is 4.39 Å². The van der Waals surface area contributed by atoms with E-state index >= 15 is 0 Å². The molecule has 10 heavy (non-hydrogen) atoms. The summed E-state index contributed by atoms with van der Waals surface area (Å²) in [6.07, 6.45) is 0. The van der Waals surface area contributed by atoms with Gasteiger partial charge in [0.05, 0.1) is 0 Å². The summed E-state index contributed by atoms with van der Waals surface area (Å²) >= 11 is 0. The lowest BCUT2D eigenvalue weighted by Gasteiger charge is -1.95. The molecule has 0 bridgehead atoms. The van der Waals surface area contributed by atoms with Gasteiger partial charge in [0, 0.05) is 12.7 Å². The van der Waals surface area contributed by atoms with Gasteiger partial charge in [-0.3, -0.25) is 0 Å². The third-order valence-electron chi connectivity index (χ3n) is 1.13. The summed E-state index contributed by atoms with van der Waals surface area (Å²) in [5.41, 5.74) is 0.927. The van der Waals surface area contributed by atoms with Crippen LogP contribution in [0.15, 0.2) is 24.3 Å². The van der Waals surface area contributed by atoms with Crippen molar-refractivity contribution in [1.82, 2.24) is 0 Å². The Hall–Kier alpha value is -0.320. The standard InChI is InChI=1S/C7H8FN.HI/c1-9-7-4-2-6(8)3-5-7;/h2-5,9H,1H3;1H. The maximum absolute atomic E-state index is 12.2. The Morgan fingerprint density at radius 2 is 1.70 bits per heavy atom. The first-order valence-electron chi connectivity index (χ1n) is 2.76. The van der Waals surface area contributed by atoms with Crippen molar-refractivity contribution < 1.29 is 4.39 Å². The number of rotatable bonds is 1. The molecule has 1 N–H and O–H groups in total. The Kier molecular flexibility index (Phi) is 4.34. The van der Waals surface area contributed by atoms with Gasteiger partial charge in [0.15, 0.2) is 0 Å². The first kappa shape index (κ1) is 9.68. The summed E-state index contributed by atoms with van der Waals surface area (Å²) in [6, 6.07) is 6.22. The molecule has 0 heterocycles. The van der Waals surface area contributed by atoms with Crippen molar-refractivity contribution in [2.24, 2.45) is 0 Å². The van der Waals surface area contributed by atoms with Crippen molar-refractivity contribution in [3.05, 3.63) is 30.1 Å². The zero-order chi connectivity index (χ0) is 6.69. The van der Waals surface area contributed by atoms with Crippen LogP contribution in [0.1, 0.15) is 0 Å². The Morgan fingerprint density at radius 3 is 2.10 bits per heavy atom. The van der Waals surface area contributed by atoms with E-state index in [1.54, 1.807) is 19.2 Å². The summed E-state index contributed by atoms with van der Waals surface area (Å²) in [7, 11) is 1.80. The Morgan fingerprint density at radius 1 is 1.20 bits per heavy atom. The Labute approximate surface area is 76.7 Å². The summed E-state index contributed by atoms with van der Waals surface area (Å²) in [5, 5.41) is 2.89. The van der Waals surface area contributed by atoms with E-state index in [0.29, 0.717) is 0 Å². The smallest absolute Gasteiger partial charge is 0.123 e. The van der Waals surface area contributed by atoms with Gasteiger partial charge in [-0.1, -0.05) is 0 Å². The van der Waals surface area contributed by atoms with E-state index in [4.69, 9.17) is 0 Å². The van der Waals surface area contributed by atoms with E-state index in [-0.39, 0.29) is 29.8 Å². The van der Waals surface area contributed by atoms with Crippen LogP contribution in [0.3, 0.4) is 0 Å². The molecule has 0 aromatic heterocycles. The summed E-state index contributed by atoms with van der Waals surface area (Å²) < 4.78 is 12.2. The summed E-state index contributed by atoms with van der Waals surface area (Å²) in [5.74, 6) is -0.200. The highest BCUT2D eigenvalue weighted by atomic mass is 127. The minimum atomic E-state index is -0.200. The average Bonchev–Trinajstić information content (AvgIpc) is 1.90. The number of benzene rings is 1. The fourth-order valence-corrected chi connectivity index (χ4v) is 0.617. The molecular weight excluding hydrogens is 244 g/mol. The lowest BCUT2D eigenvalue weighted by atomic mass is 10.3. The number of hydrogen-bond donors (Lipinski definition) is 1. The van der Waals surface area contributed by atoms with Crippen LogP contribution in [0.25, 0.3) is 0 Å². The second kappa shape index (κ2) is 4.49. The second-order valence-electron chi connectivity index (χ2n) is 1.76. The molecule has 0 unspecified atom stereocenters.